The van der Waals surface area contributed by atoms with Crippen LogP contribution in [0.1, 0.15) is 41.4 Å². The largest absolute Gasteiger partial charge is 0.497 e. The van der Waals surface area contributed by atoms with Crippen LogP contribution in [-0.4, -0.2) is 35.9 Å². The number of hydrogen-bond donors (Lipinski definition) is 2. The number of carbonyl (C=O) groups excluding carboxylic acids is 3. The van der Waals surface area contributed by atoms with Gasteiger partial charge in [-0.3, -0.25) is 14.4 Å². The lowest BCUT2D eigenvalue weighted by Gasteiger charge is -2.14. The summed E-state index contributed by atoms with van der Waals surface area (Å²) in [5, 5.41) is 11.9. The number of rotatable bonds is 5. The van der Waals surface area contributed by atoms with Crippen molar-refractivity contribution < 1.29 is 29.0 Å². The molecule has 3 aromatic rings. The van der Waals surface area contributed by atoms with Crippen molar-refractivity contribution in [1.29, 1.82) is 0 Å². The molecule has 1 aliphatic rings. The van der Waals surface area contributed by atoms with Gasteiger partial charge in [-0.1, -0.05) is 6.07 Å². The van der Waals surface area contributed by atoms with E-state index in [1.807, 2.05) is 0 Å². The zero-order valence-corrected chi connectivity index (χ0v) is 16.3. The third-order valence-corrected chi connectivity index (χ3v) is 4.85. The lowest BCUT2D eigenvalue weighted by molar-refractivity contribution is 0.0696. The smallest absolute Gasteiger partial charge is 0.335 e. The SMILES string of the molecule is COc1cccc(NC(=O)c2ccc(N3C(=O)c4ccc(C(=O)O)cc4C3=O)cc2)c1. The Morgan fingerprint density at radius 3 is 2.23 bits per heavy atom. The number of carbonyl (C=O) groups is 4. The summed E-state index contributed by atoms with van der Waals surface area (Å²) < 4.78 is 5.13. The number of fused-ring (bicyclic) bond motifs is 1. The van der Waals surface area contributed by atoms with E-state index in [0.29, 0.717) is 17.0 Å². The Morgan fingerprint density at radius 1 is 0.871 bits per heavy atom. The van der Waals surface area contributed by atoms with Crippen molar-refractivity contribution in [3.05, 3.63) is 89.0 Å². The fourth-order valence-electron chi connectivity index (χ4n) is 3.27. The Balaban J connectivity index is 1.55. The van der Waals surface area contributed by atoms with Gasteiger partial charge >= 0.3 is 5.97 Å². The Labute approximate surface area is 176 Å². The van der Waals surface area contributed by atoms with E-state index in [4.69, 9.17) is 9.84 Å². The monoisotopic (exact) mass is 416 g/mol. The normalized spacial score (nSPS) is 12.5. The van der Waals surface area contributed by atoms with Crippen LogP contribution in [0.3, 0.4) is 0 Å². The molecule has 0 aliphatic carbocycles. The second-order valence-corrected chi connectivity index (χ2v) is 6.74. The van der Waals surface area contributed by atoms with E-state index in [9.17, 15) is 19.2 Å². The molecule has 3 aromatic carbocycles. The van der Waals surface area contributed by atoms with Gasteiger partial charge in [0.25, 0.3) is 17.7 Å². The molecule has 8 nitrogen and oxygen atoms in total. The molecule has 0 unspecified atom stereocenters. The number of nitrogens with zero attached hydrogens (tertiary/aromatic N) is 1. The summed E-state index contributed by atoms with van der Waals surface area (Å²) in [6, 6.07) is 16.7. The van der Waals surface area contributed by atoms with Gasteiger partial charge in [-0.2, -0.15) is 0 Å². The number of carboxylic acids is 1. The molecular weight excluding hydrogens is 400 g/mol. The molecule has 3 amide bonds. The molecule has 0 atom stereocenters. The standard InChI is InChI=1S/C23H16N2O6/c1-31-17-4-2-3-15(12-17)24-20(26)13-5-8-16(9-6-13)25-21(27)18-10-7-14(23(29)30)11-19(18)22(25)28/h2-12H,1H3,(H,24,26)(H,29,30). The van der Waals surface area contributed by atoms with Crippen molar-refractivity contribution in [2.75, 3.05) is 17.3 Å². The van der Waals surface area contributed by atoms with Crippen molar-refractivity contribution in [2.45, 2.75) is 0 Å². The van der Waals surface area contributed by atoms with Crippen LogP contribution in [0.25, 0.3) is 0 Å². The molecule has 0 bridgehead atoms. The van der Waals surface area contributed by atoms with Crippen molar-refractivity contribution in [3.8, 4) is 5.75 Å². The summed E-state index contributed by atoms with van der Waals surface area (Å²) in [7, 11) is 1.53. The quantitative estimate of drug-likeness (QED) is 0.616. The van der Waals surface area contributed by atoms with Crippen molar-refractivity contribution in [1.82, 2.24) is 0 Å². The molecule has 0 fully saturated rings. The highest BCUT2D eigenvalue weighted by atomic mass is 16.5. The summed E-state index contributed by atoms with van der Waals surface area (Å²) in [4.78, 5) is 50.0. The van der Waals surface area contributed by atoms with E-state index in [0.717, 1.165) is 4.90 Å². The molecule has 4 rings (SSSR count). The average molecular weight is 416 g/mol. The maximum absolute atomic E-state index is 12.7. The number of benzene rings is 3. The first-order valence-corrected chi connectivity index (χ1v) is 9.20. The first-order chi connectivity index (χ1) is 14.9. The van der Waals surface area contributed by atoms with Crippen molar-refractivity contribution in [3.63, 3.8) is 0 Å². The number of imide groups is 1. The van der Waals surface area contributed by atoms with Crippen molar-refractivity contribution >= 4 is 35.1 Å². The molecule has 8 heteroatoms. The number of nitrogens with one attached hydrogen (secondary N) is 1. The minimum Gasteiger partial charge on any atom is -0.497 e. The predicted molar refractivity (Wildman–Crippen MR) is 112 cm³/mol. The number of hydrogen-bond acceptors (Lipinski definition) is 5. The van der Waals surface area contributed by atoms with E-state index in [1.54, 1.807) is 24.3 Å². The molecule has 0 saturated carbocycles. The van der Waals surface area contributed by atoms with Gasteiger partial charge in [0.2, 0.25) is 0 Å². The topological polar surface area (TPSA) is 113 Å². The van der Waals surface area contributed by atoms with Crippen LogP contribution in [0.2, 0.25) is 0 Å². The van der Waals surface area contributed by atoms with Crippen LogP contribution in [0.5, 0.6) is 5.75 Å². The first kappa shape index (κ1) is 19.8. The van der Waals surface area contributed by atoms with Gasteiger partial charge < -0.3 is 15.2 Å². The van der Waals surface area contributed by atoms with E-state index >= 15 is 0 Å². The lowest BCUT2D eigenvalue weighted by Crippen LogP contribution is -2.29. The Morgan fingerprint density at radius 2 is 1.55 bits per heavy atom. The molecular formula is C23H16N2O6. The summed E-state index contributed by atoms with van der Waals surface area (Å²) in [6.07, 6.45) is 0. The van der Waals surface area contributed by atoms with E-state index in [2.05, 4.69) is 5.32 Å². The highest BCUT2D eigenvalue weighted by Crippen LogP contribution is 2.29. The van der Waals surface area contributed by atoms with Gasteiger partial charge in [0.05, 0.1) is 29.5 Å². The van der Waals surface area contributed by atoms with Gasteiger partial charge in [-0.15, -0.1) is 0 Å². The van der Waals surface area contributed by atoms with Crippen LogP contribution in [0.15, 0.2) is 66.7 Å². The summed E-state index contributed by atoms with van der Waals surface area (Å²) >= 11 is 0. The fourth-order valence-corrected chi connectivity index (χ4v) is 3.27. The molecule has 1 heterocycles. The van der Waals surface area contributed by atoms with E-state index in [1.165, 1.54) is 49.6 Å². The van der Waals surface area contributed by atoms with Gasteiger partial charge in [0.15, 0.2) is 0 Å². The molecule has 2 N–H and O–H groups in total. The second-order valence-electron chi connectivity index (χ2n) is 6.74. The minimum atomic E-state index is -1.19. The third kappa shape index (κ3) is 3.62. The lowest BCUT2D eigenvalue weighted by atomic mass is 10.1. The van der Waals surface area contributed by atoms with E-state index < -0.39 is 17.8 Å². The van der Waals surface area contributed by atoms with Crippen LogP contribution in [0.4, 0.5) is 11.4 Å². The molecule has 0 aromatic heterocycles. The summed E-state index contributed by atoms with van der Waals surface area (Å²) in [5.41, 5.74) is 1.26. The number of amides is 3. The van der Waals surface area contributed by atoms with Crippen LogP contribution < -0.4 is 15.0 Å². The molecule has 31 heavy (non-hydrogen) atoms. The molecule has 1 aliphatic heterocycles. The first-order valence-electron chi connectivity index (χ1n) is 9.20. The molecule has 154 valence electrons. The maximum Gasteiger partial charge on any atom is 0.335 e. The van der Waals surface area contributed by atoms with Gasteiger partial charge in [0, 0.05) is 17.3 Å². The zero-order chi connectivity index (χ0) is 22.1. The van der Waals surface area contributed by atoms with E-state index in [-0.39, 0.29) is 28.3 Å². The Kier molecular flexibility index (Phi) is 4.96. The maximum atomic E-state index is 12.7. The highest BCUT2D eigenvalue weighted by Gasteiger charge is 2.37. The average Bonchev–Trinajstić information content (AvgIpc) is 3.03. The van der Waals surface area contributed by atoms with Gasteiger partial charge in [-0.05, 0) is 54.6 Å². The zero-order valence-electron chi connectivity index (χ0n) is 16.3. The number of carboxylic acid groups (broad SMARTS) is 1. The number of anilines is 2. The van der Waals surface area contributed by atoms with Crippen LogP contribution in [-0.2, 0) is 0 Å². The third-order valence-electron chi connectivity index (χ3n) is 4.85. The number of ether oxygens (including phenoxy) is 1. The molecule has 0 spiro atoms. The predicted octanol–water partition coefficient (Wildman–Crippen LogP) is 3.45. The van der Waals surface area contributed by atoms with Crippen LogP contribution >= 0.6 is 0 Å². The van der Waals surface area contributed by atoms with Gasteiger partial charge in [0.1, 0.15) is 5.75 Å². The number of aromatic carboxylic acids is 1. The Bertz CT molecular complexity index is 1230. The minimum absolute atomic E-state index is 0.0322. The molecule has 0 saturated heterocycles. The van der Waals surface area contributed by atoms with Crippen molar-refractivity contribution in [2.24, 2.45) is 0 Å². The summed E-state index contributed by atoms with van der Waals surface area (Å²) in [6.45, 7) is 0. The fraction of sp³-hybridized carbons (Fsp3) is 0.0435. The van der Waals surface area contributed by atoms with Crippen LogP contribution in [0, 0.1) is 0 Å². The molecule has 0 radical (unpaired) electrons. The summed E-state index contributed by atoms with van der Waals surface area (Å²) in [5.74, 6) is -2.12. The highest BCUT2D eigenvalue weighted by molar-refractivity contribution is 6.34. The second kappa shape index (κ2) is 7.75. The Hall–Kier alpha value is -4.46. The van der Waals surface area contributed by atoms with Gasteiger partial charge in [-0.25, -0.2) is 9.69 Å². The number of methoxy groups -OCH3 is 1.